The van der Waals surface area contributed by atoms with Crippen molar-refractivity contribution in [3.8, 4) is 17.2 Å². The van der Waals surface area contributed by atoms with Crippen LogP contribution in [0.2, 0.25) is 0 Å². The van der Waals surface area contributed by atoms with Crippen LogP contribution in [-0.2, 0) is 11.2 Å². The number of nitrogens with one attached hydrogen (secondary N) is 1. The minimum absolute atomic E-state index is 0.109. The van der Waals surface area contributed by atoms with Gasteiger partial charge in [0.25, 0.3) is 0 Å². The summed E-state index contributed by atoms with van der Waals surface area (Å²) in [6, 6.07) is 2.21. The van der Waals surface area contributed by atoms with E-state index >= 15 is 0 Å². The lowest BCUT2D eigenvalue weighted by Crippen LogP contribution is -2.37. The molecule has 158 valence electrons. The summed E-state index contributed by atoms with van der Waals surface area (Å²) < 4.78 is 17.1. The van der Waals surface area contributed by atoms with E-state index in [2.05, 4.69) is 18.3 Å². The molecule has 0 radical (unpaired) electrons. The molecule has 0 aliphatic heterocycles. The predicted molar refractivity (Wildman–Crippen MR) is 114 cm³/mol. The Labute approximate surface area is 173 Å². The zero-order valence-corrected chi connectivity index (χ0v) is 18.1. The highest BCUT2D eigenvalue weighted by Crippen LogP contribution is 2.50. The number of rotatable bonds is 5. The fourth-order valence-corrected chi connectivity index (χ4v) is 5.11. The van der Waals surface area contributed by atoms with Crippen LogP contribution in [0.5, 0.6) is 17.2 Å². The minimum atomic E-state index is 0.109. The van der Waals surface area contributed by atoms with Crippen LogP contribution in [-0.4, -0.2) is 33.3 Å². The Morgan fingerprint density at radius 2 is 1.72 bits per heavy atom. The van der Waals surface area contributed by atoms with Crippen molar-refractivity contribution in [2.75, 3.05) is 21.3 Å². The number of aryl methyl sites for hydroxylation is 1. The fraction of sp³-hybridized carbons (Fsp3) is 0.625. The van der Waals surface area contributed by atoms with Gasteiger partial charge in [-0.15, -0.1) is 0 Å². The first-order chi connectivity index (χ1) is 14.1. The van der Waals surface area contributed by atoms with Gasteiger partial charge in [-0.25, -0.2) is 0 Å². The molecule has 2 unspecified atom stereocenters. The zero-order chi connectivity index (χ0) is 20.5. The third-order valence-corrected chi connectivity index (χ3v) is 6.86. The summed E-state index contributed by atoms with van der Waals surface area (Å²) in [4.78, 5) is 12.8. The molecule has 1 amide bonds. The lowest BCUT2D eigenvalue weighted by atomic mass is 9.90. The molecule has 29 heavy (non-hydrogen) atoms. The molecule has 5 nitrogen and oxygen atoms in total. The standard InChI is InChI=1S/C24H33NO4/c1-14-12-18(14)24(26)25-19-11-10-15-13-20(27-2)22(28-3)23(29-4)21(15)17-9-7-5-6-8-16(17)19/h13-14,18-19H,5-12H2,1-4H3,(H,25,26)/t14?,18?,19-/m0/s1. The summed E-state index contributed by atoms with van der Waals surface area (Å²) in [6.45, 7) is 2.16. The second kappa shape index (κ2) is 8.29. The van der Waals surface area contributed by atoms with E-state index in [1.54, 1.807) is 21.3 Å². The Morgan fingerprint density at radius 3 is 2.38 bits per heavy atom. The van der Waals surface area contributed by atoms with Crippen LogP contribution in [0.25, 0.3) is 5.57 Å². The minimum Gasteiger partial charge on any atom is -0.493 e. The van der Waals surface area contributed by atoms with E-state index < -0.39 is 0 Å². The molecule has 4 rings (SSSR count). The number of carbonyl (C=O) groups excluding carboxylic acids is 1. The molecular formula is C24H33NO4. The summed E-state index contributed by atoms with van der Waals surface area (Å²) in [5.74, 6) is 3.07. The second-order valence-corrected chi connectivity index (χ2v) is 8.66. The number of carbonyl (C=O) groups is 1. The predicted octanol–water partition coefficient (Wildman–Crippen LogP) is 4.52. The summed E-state index contributed by atoms with van der Waals surface area (Å²) in [6.07, 6.45) is 8.43. The molecule has 0 heterocycles. The second-order valence-electron chi connectivity index (χ2n) is 8.66. The Morgan fingerprint density at radius 1 is 1.00 bits per heavy atom. The Hall–Kier alpha value is -2.17. The average Bonchev–Trinajstić information content (AvgIpc) is 3.51. The number of methoxy groups -OCH3 is 3. The smallest absolute Gasteiger partial charge is 0.223 e. The molecule has 1 fully saturated rings. The molecule has 5 heteroatoms. The maximum atomic E-state index is 12.8. The molecule has 0 bridgehead atoms. The third kappa shape index (κ3) is 3.72. The lowest BCUT2D eigenvalue weighted by molar-refractivity contribution is -0.123. The molecule has 3 aliphatic carbocycles. The van der Waals surface area contributed by atoms with E-state index in [0.29, 0.717) is 17.4 Å². The number of ether oxygens (including phenoxy) is 3. The molecule has 3 atom stereocenters. The van der Waals surface area contributed by atoms with Crippen LogP contribution in [0.15, 0.2) is 11.6 Å². The van der Waals surface area contributed by atoms with E-state index in [1.807, 2.05) is 0 Å². The Balaban J connectivity index is 1.81. The molecule has 3 aliphatic rings. The van der Waals surface area contributed by atoms with Crippen LogP contribution in [0.1, 0.15) is 63.0 Å². The Bertz CT molecular complexity index is 829. The third-order valence-electron chi connectivity index (χ3n) is 6.86. The normalized spacial score (nSPS) is 25.9. The molecule has 0 saturated heterocycles. The van der Waals surface area contributed by atoms with Crippen molar-refractivity contribution < 1.29 is 19.0 Å². The highest BCUT2D eigenvalue weighted by Gasteiger charge is 2.40. The van der Waals surface area contributed by atoms with E-state index in [0.717, 1.165) is 44.3 Å². The number of hydrogen-bond acceptors (Lipinski definition) is 4. The van der Waals surface area contributed by atoms with Gasteiger partial charge in [0.2, 0.25) is 11.7 Å². The SMILES string of the molecule is COc1cc2c(c(OC)c1OC)C1=C(CCCCC1)[C@@H](NC(=O)C1CC1C)CC2. The molecule has 1 N–H and O–H groups in total. The van der Waals surface area contributed by atoms with Crippen LogP contribution < -0.4 is 19.5 Å². The number of benzene rings is 1. The van der Waals surface area contributed by atoms with Crippen LogP contribution in [0, 0.1) is 11.8 Å². The quantitative estimate of drug-likeness (QED) is 0.791. The largest absolute Gasteiger partial charge is 0.493 e. The summed E-state index contributed by atoms with van der Waals surface area (Å²) >= 11 is 0. The highest BCUT2D eigenvalue weighted by molar-refractivity contribution is 5.84. The zero-order valence-electron chi connectivity index (χ0n) is 18.1. The summed E-state index contributed by atoms with van der Waals surface area (Å²) in [7, 11) is 5.02. The van der Waals surface area contributed by atoms with Gasteiger partial charge in [0, 0.05) is 11.5 Å². The van der Waals surface area contributed by atoms with Gasteiger partial charge in [-0.2, -0.15) is 0 Å². The molecular weight excluding hydrogens is 366 g/mol. The van der Waals surface area contributed by atoms with Crippen LogP contribution in [0.3, 0.4) is 0 Å². The van der Waals surface area contributed by atoms with Crippen molar-refractivity contribution in [1.29, 1.82) is 0 Å². The van der Waals surface area contributed by atoms with Crippen LogP contribution in [0.4, 0.5) is 0 Å². The first-order valence-electron chi connectivity index (χ1n) is 10.9. The first-order valence-corrected chi connectivity index (χ1v) is 10.9. The summed E-state index contributed by atoms with van der Waals surface area (Å²) in [5.41, 5.74) is 5.14. The van der Waals surface area contributed by atoms with Crippen molar-refractivity contribution >= 4 is 11.5 Å². The van der Waals surface area contributed by atoms with Gasteiger partial charge in [0.15, 0.2) is 11.5 Å². The topological polar surface area (TPSA) is 56.8 Å². The molecule has 0 spiro atoms. The number of allylic oxidation sites excluding steroid dienone is 1. The van der Waals surface area contributed by atoms with Gasteiger partial charge in [-0.1, -0.05) is 13.3 Å². The Kier molecular flexibility index (Phi) is 5.75. The van der Waals surface area contributed by atoms with Crippen LogP contribution >= 0.6 is 0 Å². The van der Waals surface area contributed by atoms with Crippen molar-refractivity contribution in [2.24, 2.45) is 11.8 Å². The molecule has 0 aromatic heterocycles. The summed E-state index contributed by atoms with van der Waals surface area (Å²) in [5, 5.41) is 3.41. The van der Waals surface area contributed by atoms with Gasteiger partial charge in [-0.3, -0.25) is 4.79 Å². The van der Waals surface area contributed by atoms with E-state index in [1.165, 1.54) is 35.1 Å². The first kappa shape index (κ1) is 20.1. The van der Waals surface area contributed by atoms with Gasteiger partial charge >= 0.3 is 0 Å². The van der Waals surface area contributed by atoms with Gasteiger partial charge in [0.1, 0.15) is 0 Å². The maximum Gasteiger partial charge on any atom is 0.223 e. The number of fused-ring (bicyclic) bond motifs is 2. The van der Waals surface area contributed by atoms with Crippen molar-refractivity contribution in [2.45, 2.75) is 64.3 Å². The fourth-order valence-electron chi connectivity index (χ4n) is 5.11. The van der Waals surface area contributed by atoms with E-state index in [-0.39, 0.29) is 17.9 Å². The van der Waals surface area contributed by atoms with Gasteiger partial charge in [0.05, 0.1) is 27.4 Å². The molecule has 1 aromatic rings. The number of amides is 1. The highest BCUT2D eigenvalue weighted by atomic mass is 16.5. The van der Waals surface area contributed by atoms with Crippen molar-refractivity contribution in [1.82, 2.24) is 5.32 Å². The van der Waals surface area contributed by atoms with Gasteiger partial charge < -0.3 is 19.5 Å². The average molecular weight is 400 g/mol. The lowest BCUT2D eigenvalue weighted by Gasteiger charge is -2.23. The van der Waals surface area contributed by atoms with E-state index in [9.17, 15) is 4.79 Å². The molecule has 1 aromatic carbocycles. The number of hydrogen-bond donors (Lipinski definition) is 1. The maximum absolute atomic E-state index is 12.8. The monoisotopic (exact) mass is 399 g/mol. The van der Waals surface area contributed by atoms with Gasteiger partial charge in [-0.05, 0) is 73.6 Å². The van der Waals surface area contributed by atoms with Crippen molar-refractivity contribution in [3.05, 3.63) is 22.8 Å². The van der Waals surface area contributed by atoms with Crippen molar-refractivity contribution in [3.63, 3.8) is 0 Å². The molecule has 1 saturated carbocycles. The van der Waals surface area contributed by atoms with E-state index in [4.69, 9.17) is 14.2 Å².